The molecule has 1 N–H and O–H groups in total. The van der Waals surface area contributed by atoms with Gasteiger partial charge in [-0.15, -0.1) is 0 Å². The maximum absolute atomic E-state index is 13.2. The summed E-state index contributed by atoms with van der Waals surface area (Å²) < 4.78 is 5.95. The second-order valence-corrected chi connectivity index (χ2v) is 7.99. The highest BCUT2D eigenvalue weighted by atomic mass is 35.5. The molecule has 1 aliphatic rings. The number of nitrogens with zero attached hydrogens (tertiary/aromatic N) is 2. The van der Waals surface area contributed by atoms with Gasteiger partial charge >= 0.3 is 0 Å². The van der Waals surface area contributed by atoms with E-state index in [-0.39, 0.29) is 11.8 Å². The SMILES string of the molecule is O=C(CCCN1C(=O)[C@@H](c2ccccc2)Oc2cccnc21)NCCc1ccc(Cl)cc1. The monoisotopic (exact) mass is 449 g/mol. The quantitative estimate of drug-likeness (QED) is 0.555. The van der Waals surface area contributed by atoms with Gasteiger partial charge in [0, 0.05) is 36.3 Å². The van der Waals surface area contributed by atoms with Crippen molar-refractivity contribution in [3.05, 3.63) is 89.1 Å². The first kappa shape index (κ1) is 21.8. The van der Waals surface area contributed by atoms with Crippen LogP contribution < -0.4 is 15.0 Å². The molecular formula is C25H24ClN3O3. The van der Waals surface area contributed by atoms with Crippen molar-refractivity contribution in [2.24, 2.45) is 0 Å². The fourth-order valence-electron chi connectivity index (χ4n) is 3.64. The Morgan fingerprint density at radius 1 is 1.06 bits per heavy atom. The molecule has 6 nitrogen and oxygen atoms in total. The molecule has 0 bridgehead atoms. The average Bonchev–Trinajstić information content (AvgIpc) is 2.82. The molecule has 7 heteroatoms. The number of amides is 2. The zero-order chi connectivity index (χ0) is 22.3. The van der Waals surface area contributed by atoms with Gasteiger partial charge in [0.15, 0.2) is 11.6 Å². The maximum Gasteiger partial charge on any atom is 0.274 e. The van der Waals surface area contributed by atoms with Crippen molar-refractivity contribution < 1.29 is 14.3 Å². The number of hydrogen-bond donors (Lipinski definition) is 1. The first-order valence-electron chi connectivity index (χ1n) is 10.6. The van der Waals surface area contributed by atoms with Gasteiger partial charge in [0.2, 0.25) is 12.0 Å². The van der Waals surface area contributed by atoms with Gasteiger partial charge in [-0.1, -0.05) is 54.1 Å². The number of rotatable bonds is 8. The van der Waals surface area contributed by atoms with E-state index in [1.165, 1.54) is 0 Å². The molecule has 0 saturated carbocycles. The lowest BCUT2D eigenvalue weighted by molar-refractivity contribution is -0.127. The van der Waals surface area contributed by atoms with Gasteiger partial charge in [0.25, 0.3) is 5.91 Å². The van der Waals surface area contributed by atoms with Gasteiger partial charge < -0.3 is 10.1 Å². The average molecular weight is 450 g/mol. The fourth-order valence-corrected chi connectivity index (χ4v) is 3.76. The van der Waals surface area contributed by atoms with E-state index in [0.29, 0.717) is 42.5 Å². The van der Waals surface area contributed by atoms with E-state index in [0.717, 1.165) is 17.5 Å². The Labute approximate surface area is 192 Å². The van der Waals surface area contributed by atoms with Crippen LogP contribution in [0.3, 0.4) is 0 Å². The molecular weight excluding hydrogens is 426 g/mol. The Hall–Kier alpha value is -3.38. The predicted octanol–water partition coefficient (Wildman–Crippen LogP) is 4.34. The molecule has 0 unspecified atom stereocenters. The van der Waals surface area contributed by atoms with Crippen molar-refractivity contribution in [1.82, 2.24) is 10.3 Å². The number of ether oxygens (including phenoxy) is 1. The number of carbonyl (C=O) groups excluding carboxylic acids is 2. The topological polar surface area (TPSA) is 71.5 Å². The molecule has 2 aromatic carbocycles. The first-order valence-corrected chi connectivity index (χ1v) is 11.0. The summed E-state index contributed by atoms with van der Waals surface area (Å²) in [6.07, 6.45) is 2.50. The Kier molecular flexibility index (Phi) is 7.02. The molecule has 1 aliphatic heterocycles. The number of anilines is 1. The zero-order valence-electron chi connectivity index (χ0n) is 17.5. The second kappa shape index (κ2) is 10.3. The van der Waals surface area contributed by atoms with Gasteiger partial charge in [-0.3, -0.25) is 14.5 Å². The second-order valence-electron chi connectivity index (χ2n) is 7.55. The number of benzene rings is 2. The summed E-state index contributed by atoms with van der Waals surface area (Å²) in [6.45, 7) is 0.942. The van der Waals surface area contributed by atoms with Gasteiger partial charge in [-0.25, -0.2) is 4.98 Å². The van der Waals surface area contributed by atoms with E-state index in [9.17, 15) is 9.59 Å². The number of nitrogens with one attached hydrogen (secondary N) is 1. The van der Waals surface area contributed by atoms with Crippen LogP contribution in [0.25, 0.3) is 0 Å². The highest BCUT2D eigenvalue weighted by molar-refractivity contribution is 6.30. The van der Waals surface area contributed by atoms with Crippen LogP contribution in [-0.4, -0.2) is 29.9 Å². The summed E-state index contributed by atoms with van der Waals surface area (Å²) in [5.74, 6) is 0.840. The lowest BCUT2D eigenvalue weighted by atomic mass is 10.1. The largest absolute Gasteiger partial charge is 0.472 e. The molecule has 32 heavy (non-hydrogen) atoms. The summed E-state index contributed by atoms with van der Waals surface area (Å²) >= 11 is 5.89. The summed E-state index contributed by atoms with van der Waals surface area (Å²) in [4.78, 5) is 31.4. The van der Waals surface area contributed by atoms with E-state index in [1.807, 2.05) is 54.6 Å². The van der Waals surface area contributed by atoms with Crippen LogP contribution in [0.2, 0.25) is 5.02 Å². The molecule has 2 amide bonds. The van der Waals surface area contributed by atoms with Gasteiger partial charge in [-0.05, 0) is 42.7 Å². The van der Waals surface area contributed by atoms with Crippen molar-refractivity contribution in [3.8, 4) is 5.75 Å². The predicted molar refractivity (Wildman–Crippen MR) is 124 cm³/mol. The lowest BCUT2D eigenvalue weighted by Gasteiger charge is -2.33. The van der Waals surface area contributed by atoms with E-state index in [2.05, 4.69) is 10.3 Å². The normalized spacial score (nSPS) is 15.1. The molecule has 0 saturated heterocycles. The van der Waals surface area contributed by atoms with Crippen LogP contribution in [0, 0.1) is 0 Å². The van der Waals surface area contributed by atoms with Crippen molar-refractivity contribution in [3.63, 3.8) is 0 Å². The number of carbonyl (C=O) groups is 2. The third kappa shape index (κ3) is 5.26. The summed E-state index contributed by atoms with van der Waals surface area (Å²) in [5.41, 5.74) is 1.90. The Morgan fingerprint density at radius 2 is 1.84 bits per heavy atom. The first-order chi connectivity index (χ1) is 15.6. The molecule has 3 aromatic rings. The molecule has 2 heterocycles. The van der Waals surface area contributed by atoms with E-state index >= 15 is 0 Å². The molecule has 164 valence electrons. The standard InChI is InChI=1S/C25H24ClN3O3/c26-20-12-10-18(11-13-20)14-16-27-22(30)9-5-17-29-24-21(8-4-15-28-24)32-23(25(29)31)19-6-2-1-3-7-19/h1-4,6-8,10-13,15,23H,5,9,14,16-17H2,(H,27,30)/t23-/m1/s1. The van der Waals surface area contributed by atoms with E-state index < -0.39 is 6.10 Å². The molecule has 0 spiro atoms. The van der Waals surface area contributed by atoms with Gasteiger partial charge in [-0.2, -0.15) is 0 Å². The number of fused-ring (bicyclic) bond motifs is 1. The Bertz CT molecular complexity index is 1070. The lowest BCUT2D eigenvalue weighted by Crippen LogP contribution is -2.42. The van der Waals surface area contributed by atoms with Crippen LogP contribution in [0.5, 0.6) is 5.75 Å². The summed E-state index contributed by atoms with van der Waals surface area (Å²) in [5, 5.41) is 3.63. The van der Waals surface area contributed by atoms with Crippen LogP contribution in [0.4, 0.5) is 5.82 Å². The van der Waals surface area contributed by atoms with Crippen LogP contribution >= 0.6 is 11.6 Å². The smallest absolute Gasteiger partial charge is 0.274 e. The van der Waals surface area contributed by atoms with Crippen molar-refractivity contribution in [1.29, 1.82) is 0 Å². The van der Waals surface area contributed by atoms with Crippen molar-refractivity contribution in [2.75, 3.05) is 18.0 Å². The maximum atomic E-state index is 13.2. The van der Waals surface area contributed by atoms with E-state index in [4.69, 9.17) is 16.3 Å². The highest BCUT2D eigenvalue weighted by Gasteiger charge is 2.36. The third-order valence-electron chi connectivity index (χ3n) is 5.28. The minimum Gasteiger partial charge on any atom is -0.472 e. The van der Waals surface area contributed by atoms with Gasteiger partial charge in [0.05, 0.1) is 0 Å². The fraction of sp³-hybridized carbons (Fsp3) is 0.240. The van der Waals surface area contributed by atoms with Crippen LogP contribution in [-0.2, 0) is 16.0 Å². The summed E-state index contributed by atoms with van der Waals surface area (Å²) in [7, 11) is 0. The molecule has 4 rings (SSSR count). The molecule has 0 radical (unpaired) electrons. The number of halogens is 1. The molecule has 1 atom stereocenters. The van der Waals surface area contributed by atoms with Crippen molar-refractivity contribution in [2.45, 2.75) is 25.4 Å². The summed E-state index contributed by atoms with van der Waals surface area (Å²) in [6, 6.07) is 20.6. The molecule has 0 fully saturated rings. The zero-order valence-corrected chi connectivity index (χ0v) is 18.3. The van der Waals surface area contributed by atoms with Crippen LogP contribution in [0.1, 0.15) is 30.1 Å². The molecule has 1 aromatic heterocycles. The Balaban J connectivity index is 1.32. The molecule has 0 aliphatic carbocycles. The number of aromatic nitrogens is 1. The van der Waals surface area contributed by atoms with Crippen LogP contribution in [0.15, 0.2) is 72.9 Å². The minimum absolute atomic E-state index is 0.0412. The Morgan fingerprint density at radius 3 is 2.62 bits per heavy atom. The van der Waals surface area contributed by atoms with Gasteiger partial charge in [0.1, 0.15) is 0 Å². The van der Waals surface area contributed by atoms with Crippen molar-refractivity contribution >= 4 is 29.2 Å². The third-order valence-corrected chi connectivity index (χ3v) is 5.53. The number of hydrogen-bond acceptors (Lipinski definition) is 4. The van der Waals surface area contributed by atoms with E-state index in [1.54, 1.807) is 23.2 Å². The number of pyridine rings is 1. The minimum atomic E-state index is -0.721. The highest BCUT2D eigenvalue weighted by Crippen LogP contribution is 2.37.